The Labute approximate surface area is 165 Å². The van der Waals surface area contributed by atoms with E-state index in [1.54, 1.807) is 6.92 Å². The molecule has 2 aromatic rings. The van der Waals surface area contributed by atoms with Gasteiger partial charge >= 0.3 is 18.5 Å². The number of halogens is 7. The molecule has 13 heteroatoms. The number of hydrogen-bond acceptors (Lipinski definition) is 4. The summed E-state index contributed by atoms with van der Waals surface area (Å²) in [6.45, 7) is 2.39. The number of ether oxygens (including phenoxy) is 1. The molecule has 2 rings (SSSR count). The lowest BCUT2D eigenvalue weighted by molar-refractivity contribution is -0.274. The molecule has 160 valence electrons. The number of aromatic nitrogens is 2. The van der Waals surface area contributed by atoms with Crippen molar-refractivity contribution in [1.82, 2.24) is 9.78 Å². The highest BCUT2D eigenvalue weighted by molar-refractivity contribution is 6.35. The molecule has 0 unspecified atom stereocenters. The molecule has 2 N–H and O–H groups in total. The van der Waals surface area contributed by atoms with Crippen LogP contribution in [-0.2, 0) is 6.54 Å². The Morgan fingerprint density at radius 1 is 1.31 bits per heavy atom. The zero-order valence-electron chi connectivity index (χ0n) is 14.8. The van der Waals surface area contributed by atoms with Crippen LogP contribution in [0.4, 0.5) is 32.0 Å². The molecule has 1 aromatic heterocycles. The highest BCUT2D eigenvalue weighted by Gasteiger charge is 2.37. The van der Waals surface area contributed by atoms with Crippen LogP contribution in [0.25, 0.3) is 11.3 Å². The second-order valence-electron chi connectivity index (χ2n) is 5.80. The summed E-state index contributed by atoms with van der Waals surface area (Å²) in [7, 11) is 0. The van der Waals surface area contributed by atoms with Crippen LogP contribution in [0.15, 0.2) is 18.2 Å². The summed E-state index contributed by atoms with van der Waals surface area (Å²) >= 11 is 6.00. The third kappa shape index (κ3) is 5.25. The van der Waals surface area contributed by atoms with Crippen LogP contribution < -0.4 is 10.1 Å². The Morgan fingerprint density at radius 2 is 1.93 bits per heavy atom. The van der Waals surface area contributed by atoms with Gasteiger partial charge in [-0.1, -0.05) is 11.6 Å². The number of carboxylic acid groups (broad SMARTS) is 1. The van der Waals surface area contributed by atoms with E-state index in [1.165, 1.54) is 0 Å². The molecule has 0 radical (unpaired) electrons. The molecule has 0 aliphatic heterocycles. The molecule has 1 aromatic carbocycles. The van der Waals surface area contributed by atoms with Crippen molar-refractivity contribution in [3.05, 3.63) is 28.9 Å². The first-order valence-electron chi connectivity index (χ1n) is 7.97. The fourth-order valence-corrected chi connectivity index (χ4v) is 2.73. The maximum absolute atomic E-state index is 12.9. The van der Waals surface area contributed by atoms with Crippen molar-refractivity contribution in [3.8, 4) is 17.0 Å². The monoisotopic (exact) mass is 445 g/mol. The predicted molar refractivity (Wildman–Crippen MR) is 91.1 cm³/mol. The van der Waals surface area contributed by atoms with E-state index in [9.17, 15) is 31.1 Å². The quantitative estimate of drug-likeness (QED) is 0.599. The van der Waals surface area contributed by atoms with Crippen molar-refractivity contribution < 1.29 is 41.0 Å². The lowest BCUT2D eigenvalue weighted by atomic mass is 10.1. The van der Waals surface area contributed by atoms with E-state index in [-0.39, 0.29) is 23.5 Å². The molecule has 0 aliphatic carbocycles. The van der Waals surface area contributed by atoms with Crippen molar-refractivity contribution >= 4 is 23.3 Å². The number of aromatic carboxylic acids is 1. The number of anilines is 1. The summed E-state index contributed by atoms with van der Waals surface area (Å²) in [5.41, 5.74) is -1.36. The second kappa shape index (κ2) is 8.01. The van der Waals surface area contributed by atoms with E-state index in [4.69, 9.17) is 16.7 Å². The molecule has 6 nitrogen and oxygen atoms in total. The van der Waals surface area contributed by atoms with E-state index < -0.39 is 41.0 Å². The third-order valence-electron chi connectivity index (χ3n) is 3.73. The van der Waals surface area contributed by atoms with Gasteiger partial charge in [-0.15, -0.1) is 13.2 Å². The van der Waals surface area contributed by atoms with E-state index in [0.717, 1.165) is 29.8 Å². The molecule has 0 spiro atoms. The van der Waals surface area contributed by atoms with Crippen molar-refractivity contribution in [3.63, 3.8) is 0 Å². The van der Waals surface area contributed by atoms with Crippen LogP contribution in [0.2, 0.25) is 5.02 Å². The highest BCUT2D eigenvalue weighted by atomic mass is 35.5. The Balaban J connectivity index is 2.62. The second-order valence-corrected chi connectivity index (χ2v) is 6.18. The highest BCUT2D eigenvalue weighted by Crippen LogP contribution is 2.40. The number of nitrogens with zero attached hydrogens (tertiary/aromatic N) is 2. The normalized spacial score (nSPS) is 13.3. The van der Waals surface area contributed by atoms with E-state index in [1.807, 2.05) is 5.32 Å². The van der Waals surface area contributed by atoms with Gasteiger partial charge in [-0.3, -0.25) is 4.68 Å². The summed E-state index contributed by atoms with van der Waals surface area (Å²) in [6, 6.07) is 0.794. The van der Waals surface area contributed by atoms with Crippen molar-refractivity contribution in [2.24, 2.45) is 0 Å². The minimum absolute atomic E-state index is 0.0545. The zero-order chi connectivity index (χ0) is 22.1. The van der Waals surface area contributed by atoms with Gasteiger partial charge in [0.25, 0.3) is 0 Å². The summed E-state index contributed by atoms with van der Waals surface area (Å²) in [5, 5.41) is 14.5. The van der Waals surface area contributed by atoms with Crippen molar-refractivity contribution in [1.29, 1.82) is 0 Å². The standard InChI is InChI=1S/C16H14ClF6N3O3/c1-3-26-13(11(17)12(25-26)14(27)28)9-5-4-8(24-7(2)15(18,19)20)6-10(9)29-16(21,22)23/h4-7,24H,3H2,1-2H3,(H,27,28)/t7-/m1/s1. The van der Waals surface area contributed by atoms with Gasteiger partial charge in [-0.25, -0.2) is 4.79 Å². The fourth-order valence-electron chi connectivity index (χ4n) is 2.41. The number of rotatable bonds is 6. The molecular weight excluding hydrogens is 432 g/mol. The van der Waals surface area contributed by atoms with E-state index in [2.05, 4.69) is 9.84 Å². The minimum Gasteiger partial charge on any atom is -0.476 e. The summed E-state index contributed by atoms with van der Waals surface area (Å²) < 4.78 is 81.8. The van der Waals surface area contributed by atoms with Gasteiger partial charge in [0.2, 0.25) is 0 Å². The lowest BCUT2D eigenvalue weighted by Crippen LogP contribution is -2.33. The van der Waals surface area contributed by atoms with Gasteiger partial charge < -0.3 is 15.2 Å². The van der Waals surface area contributed by atoms with Crippen molar-refractivity contribution in [2.75, 3.05) is 5.32 Å². The Bertz CT molecular complexity index is 911. The largest absolute Gasteiger partial charge is 0.573 e. The lowest BCUT2D eigenvalue weighted by Gasteiger charge is -2.20. The molecule has 0 amide bonds. The molecule has 0 saturated heterocycles. The number of carboxylic acids is 1. The smallest absolute Gasteiger partial charge is 0.476 e. The summed E-state index contributed by atoms with van der Waals surface area (Å²) in [6.07, 6.45) is -9.80. The maximum atomic E-state index is 12.9. The van der Waals surface area contributed by atoms with E-state index >= 15 is 0 Å². The number of hydrogen-bond donors (Lipinski definition) is 2. The minimum atomic E-state index is -5.16. The first-order chi connectivity index (χ1) is 13.2. The van der Waals surface area contributed by atoms with Gasteiger partial charge in [0, 0.05) is 23.9 Å². The SMILES string of the molecule is CCn1nc(C(=O)O)c(Cl)c1-c1ccc(N[C@H](C)C(F)(F)F)cc1OC(F)(F)F. The first-order valence-corrected chi connectivity index (χ1v) is 8.35. The molecule has 1 atom stereocenters. The zero-order valence-corrected chi connectivity index (χ0v) is 15.6. The Morgan fingerprint density at radius 3 is 2.41 bits per heavy atom. The van der Waals surface area contributed by atoms with Crippen LogP contribution in [0, 0.1) is 0 Å². The van der Waals surface area contributed by atoms with Crippen LogP contribution >= 0.6 is 11.6 Å². The Hall–Kier alpha value is -2.63. The number of nitrogens with one attached hydrogen (secondary N) is 1. The molecular formula is C16H14ClF6N3O3. The number of benzene rings is 1. The summed E-state index contributed by atoms with van der Waals surface area (Å²) in [4.78, 5) is 11.2. The van der Waals surface area contributed by atoms with Gasteiger partial charge in [-0.2, -0.15) is 18.3 Å². The van der Waals surface area contributed by atoms with Gasteiger partial charge in [-0.05, 0) is 26.0 Å². The topological polar surface area (TPSA) is 76.4 Å². The average Bonchev–Trinajstić information content (AvgIpc) is 2.89. The fraction of sp³-hybridized carbons (Fsp3) is 0.375. The van der Waals surface area contributed by atoms with Gasteiger partial charge in [0.05, 0.1) is 5.69 Å². The van der Waals surface area contributed by atoms with Crippen LogP contribution in [-0.4, -0.2) is 39.4 Å². The van der Waals surface area contributed by atoms with Crippen LogP contribution in [0.1, 0.15) is 24.3 Å². The summed E-state index contributed by atoms with van der Waals surface area (Å²) in [5.74, 6) is -2.37. The molecule has 0 bridgehead atoms. The average molecular weight is 446 g/mol. The third-order valence-corrected chi connectivity index (χ3v) is 4.09. The molecule has 29 heavy (non-hydrogen) atoms. The molecule has 0 fully saturated rings. The predicted octanol–water partition coefficient (Wildman–Crippen LogP) is 5.18. The van der Waals surface area contributed by atoms with E-state index in [0.29, 0.717) is 0 Å². The van der Waals surface area contributed by atoms with Gasteiger partial charge in [0.15, 0.2) is 5.69 Å². The number of carbonyl (C=O) groups is 1. The molecule has 0 saturated carbocycles. The van der Waals surface area contributed by atoms with Crippen molar-refractivity contribution in [2.45, 2.75) is 39.0 Å². The molecule has 1 heterocycles. The maximum Gasteiger partial charge on any atom is 0.573 e. The first kappa shape index (κ1) is 22.7. The number of alkyl halides is 6. The Kier molecular flexibility index (Phi) is 6.26. The van der Waals surface area contributed by atoms with Gasteiger partial charge in [0.1, 0.15) is 16.8 Å². The number of aryl methyl sites for hydroxylation is 1. The van der Waals surface area contributed by atoms with Crippen LogP contribution in [0.5, 0.6) is 5.75 Å². The van der Waals surface area contributed by atoms with Crippen LogP contribution in [0.3, 0.4) is 0 Å². The molecule has 0 aliphatic rings.